The summed E-state index contributed by atoms with van der Waals surface area (Å²) in [7, 11) is -1.67. The van der Waals surface area contributed by atoms with E-state index < -0.39 is 30.8 Å². The Hall–Kier alpha value is -3.56. The van der Waals surface area contributed by atoms with E-state index in [4.69, 9.17) is 10.0 Å². The number of aryl methyl sites for hydroxylation is 1. The minimum Gasteiger partial charge on any atom is -0.426 e. The van der Waals surface area contributed by atoms with Crippen LogP contribution in [0.1, 0.15) is 33.9 Å². The molecule has 3 aromatic rings. The highest BCUT2D eigenvalue weighted by Crippen LogP contribution is 2.19. The summed E-state index contributed by atoms with van der Waals surface area (Å²) >= 11 is 0. The number of carbonyl (C=O) groups is 2. The lowest BCUT2D eigenvalue weighted by atomic mass is 9.92. The molecule has 6 nitrogen and oxygen atoms in total. The van der Waals surface area contributed by atoms with Gasteiger partial charge in [0.1, 0.15) is 11.6 Å². The minimum atomic E-state index is -1.67. The number of rotatable bonds is 7. The zero-order valence-electron chi connectivity index (χ0n) is 18.0. The molecule has 3 aromatic carbocycles. The molecular weight excluding hydrogens is 429 g/mol. The van der Waals surface area contributed by atoms with Gasteiger partial charge in [-0.05, 0) is 54.4 Å². The summed E-state index contributed by atoms with van der Waals surface area (Å²) in [6, 6.07) is 19.8. The Kier molecular flexibility index (Phi) is 10.2. The summed E-state index contributed by atoms with van der Waals surface area (Å²) in [6.45, 7) is 1.86. The Balaban J connectivity index is 0.000000405. The fourth-order valence-corrected chi connectivity index (χ4v) is 2.87. The van der Waals surface area contributed by atoms with Crippen LogP contribution in [0.3, 0.4) is 0 Å². The van der Waals surface area contributed by atoms with Crippen LogP contribution >= 0.6 is 0 Å². The van der Waals surface area contributed by atoms with Crippen molar-refractivity contribution in [3.8, 4) is 0 Å². The van der Waals surface area contributed by atoms with Crippen LogP contribution in [-0.4, -0.2) is 35.4 Å². The molecule has 0 aliphatic heterocycles. The molecule has 0 aromatic heterocycles. The zero-order chi connectivity index (χ0) is 24.2. The van der Waals surface area contributed by atoms with Crippen molar-refractivity contribution in [2.45, 2.75) is 19.4 Å². The van der Waals surface area contributed by atoms with Crippen molar-refractivity contribution in [1.82, 2.24) is 10.6 Å². The molecule has 9 heteroatoms. The van der Waals surface area contributed by atoms with Crippen LogP contribution < -0.4 is 10.6 Å². The summed E-state index contributed by atoms with van der Waals surface area (Å²) in [5.74, 6) is -1.55. The van der Waals surface area contributed by atoms with Gasteiger partial charge in [0.2, 0.25) is 5.91 Å². The number of halogens is 2. The Morgan fingerprint density at radius 3 is 2.09 bits per heavy atom. The average Bonchev–Trinajstić information content (AvgIpc) is 2.78. The topological polar surface area (TPSA) is 98.7 Å². The third-order valence-electron chi connectivity index (χ3n) is 4.44. The molecular formula is C24H25BF2N2O4. The van der Waals surface area contributed by atoms with Gasteiger partial charge in [-0.2, -0.15) is 0 Å². The number of amides is 2. The molecule has 0 saturated carbocycles. The smallest absolute Gasteiger partial charge is 0.426 e. The van der Waals surface area contributed by atoms with E-state index in [1.54, 1.807) is 42.5 Å². The normalized spacial score (nSPS) is 10.9. The van der Waals surface area contributed by atoms with Gasteiger partial charge in [0, 0.05) is 5.56 Å². The summed E-state index contributed by atoms with van der Waals surface area (Å²) < 4.78 is 25.7. The first-order valence-electron chi connectivity index (χ1n) is 10.2. The Labute approximate surface area is 191 Å². The van der Waals surface area contributed by atoms with E-state index in [9.17, 15) is 18.4 Å². The molecule has 4 N–H and O–H groups in total. The first-order valence-corrected chi connectivity index (χ1v) is 10.2. The average molecular weight is 454 g/mol. The zero-order valence-corrected chi connectivity index (χ0v) is 18.0. The first kappa shape index (κ1) is 25.7. The van der Waals surface area contributed by atoms with E-state index in [1.807, 2.05) is 13.0 Å². The second-order valence-electron chi connectivity index (χ2n) is 7.23. The van der Waals surface area contributed by atoms with Crippen LogP contribution in [0.2, 0.25) is 0 Å². The third kappa shape index (κ3) is 9.63. The highest BCUT2D eigenvalue weighted by Gasteiger charge is 2.20. The predicted molar refractivity (Wildman–Crippen MR) is 122 cm³/mol. The van der Waals surface area contributed by atoms with Gasteiger partial charge in [-0.15, -0.1) is 0 Å². The molecule has 0 bridgehead atoms. The van der Waals surface area contributed by atoms with Crippen molar-refractivity contribution in [1.29, 1.82) is 0 Å². The lowest BCUT2D eigenvalue weighted by Gasteiger charge is -2.19. The van der Waals surface area contributed by atoms with E-state index in [2.05, 4.69) is 10.6 Å². The highest BCUT2D eigenvalue weighted by molar-refractivity contribution is 6.41. The van der Waals surface area contributed by atoms with Gasteiger partial charge in [0.05, 0.1) is 18.9 Å². The van der Waals surface area contributed by atoms with Crippen molar-refractivity contribution in [3.05, 3.63) is 107 Å². The van der Waals surface area contributed by atoms with Crippen molar-refractivity contribution in [2.75, 3.05) is 6.44 Å². The van der Waals surface area contributed by atoms with Crippen LogP contribution in [0.15, 0.2) is 78.9 Å². The lowest BCUT2D eigenvalue weighted by Crippen LogP contribution is -2.38. The van der Waals surface area contributed by atoms with Gasteiger partial charge in [0.15, 0.2) is 0 Å². The predicted octanol–water partition coefficient (Wildman–Crippen LogP) is 2.95. The van der Waals surface area contributed by atoms with Gasteiger partial charge in [-0.3, -0.25) is 9.59 Å². The maximum Gasteiger partial charge on any atom is 0.472 e. The molecule has 1 atom stereocenters. The highest BCUT2D eigenvalue weighted by atomic mass is 19.1. The largest absolute Gasteiger partial charge is 0.472 e. The summed E-state index contributed by atoms with van der Waals surface area (Å²) in [5.41, 5.74) is 1.81. The van der Waals surface area contributed by atoms with E-state index in [0.717, 1.165) is 5.56 Å². The maximum absolute atomic E-state index is 13.5. The number of carbonyl (C=O) groups excluding carboxylic acids is 2. The van der Waals surface area contributed by atoms with Crippen molar-refractivity contribution < 1.29 is 28.4 Å². The van der Waals surface area contributed by atoms with Crippen molar-refractivity contribution in [3.63, 3.8) is 0 Å². The molecule has 0 spiro atoms. The fraction of sp³-hybridized carbons (Fsp3) is 0.167. The molecule has 0 aliphatic rings. The Morgan fingerprint density at radius 2 is 1.55 bits per heavy atom. The number of hydrogen-bond acceptors (Lipinski definition) is 4. The Morgan fingerprint density at radius 1 is 0.909 bits per heavy atom. The molecule has 1 unspecified atom stereocenters. The van der Waals surface area contributed by atoms with Gasteiger partial charge in [-0.25, -0.2) is 8.78 Å². The SMILES string of the molecule is Cc1cccc(F)c1.O=C(CC(NC(=O)c1ccccc1)c1cccc(F)c1)NCB(O)O. The maximum atomic E-state index is 13.5. The van der Waals surface area contributed by atoms with Crippen molar-refractivity contribution >= 4 is 18.9 Å². The summed E-state index contributed by atoms with van der Waals surface area (Å²) in [6.07, 6.45) is -0.504. The molecule has 0 heterocycles. The van der Waals surface area contributed by atoms with Crippen LogP contribution in [0.4, 0.5) is 8.78 Å². The molecule has 0 fully saturated rings. The number of benzene rings is 3. The summed E-state index contributed by atoms with van der Waals surface area (Å²) in [4.78, 5) is 24.3. The second-order valence-corrected chi connectivity index (χ2v) is 7.23. The molecule has 3 rings (SSSR count). The second kappa shape index (κ2) is 13.1. The molecule has 0 radical (unpaired) electrons. The fourth-order valence-electron chi connectivity index (χ4n) is 2.87. The molecule has 172 valence electrons. The number of hydrogen-bond donors (Lipinski definition) is 4. The lowest BCUT2D eigenvalue weighted by molar-refractivity contribution is -0.121. The van der Waals surface area contributed by atoms with Crippen LogP contribution in [0.25, 0.3) is 0 Å². The van der Waals surface area contributed by atoms with E-state index >= 15 is 0 Å². The molecule has 2 amide bonds. The Bertz CT molecular complexity index is 1030. The van der Waals surface area contributed by atoms with Crippen molar-refractivity contribution in [2.24, 2.45) is 0 Å². The number of nitrogens with one attached hydrogen (secondary N) is 2. The standard InChI is InChI=1S/C17H18BFN2O4.C7H7F/c19-14-8-4-7-13(9-14)15(10-16(22)20-11-18(24)25)21-17(23)12-5-2-1-3-6-12;1-6-3-2-4-7(8)5-6/h1-9,15,24-25H,10-11H2,(H,20,22)(H,21,23);2-5H,1H3. The van der Waals surface area contributed by atoms with Gasteiger partial charge in [-0.1, -0.05) is 42.5 Å². The first-order chi connectivity index (χ1) is 15.7. The van der Waals surface area contributed by atoms with Crippen LogP contribution in [0, 0.1) is 18.6 Å². The monoisotopic (exact) mass is 454 g/mol. The molecule has 33 heavy (non-hydrogen) atoms. The van der Waals surface area contributed by atoms with E-state index in [1.165, 1.54) is 30.3 Å². The summed E-state index contributed by atoms with van der Waals surface area (Å²) in [5, 5.41) is 22.6. The van der Waals surface area contributed by atoms with Crippen LogP contribution in [0.5, 0.6) is 0 Å². The van der Waals surface area contributed by atoms with Crippen LogP contribution in [-0.2, 0) is 4.79 Å². The molecule has 0 saturated heterocycles. The molecule has 0 aliphatic carbocycles. The quantitative estimate of drug-likeness (QED) is 0.413. The van der Waals surface area contributed by atoms with Gasteiger partial charge < -0.3 is 20.7 Å². The van der Waals surface area contributed by atoms with E-state index in [-0.39, 0.29) is 18.7 Å². The van der Waals surface area contributed by atoms with E-state index in [0.29, 0.717) is 11.1 Å². The van der Waals surface area contributed by atoms with Gasteiger partial charge >= 0.3 is 7.12 Å². The third-order valence-corrected chi connectivity index (χ3v) is 4.44. The van der Waals surface area contributed by atoms with Gasteiger partial charge in [0.25, 0.3) is 5.91 Å². The minimum absolute atomic E-state index is 0.162.